The molecular weight excluding hydrogens is 726 g/mol. The van der Waals surface area contributed by atoms with Gasteiger partial charge in [-0.05, 0) is 69.4 Å². The van der Waals surface area contributed by atoms with Crippen LogP contribution < -0.4 is 0 Å². The van der Waals surface area contributed by atoms with Crippen molar-refractivity contribution >= 4 is 89.1 Å². The Kier molecular flexibility index (Phi) is 5.41. The number of aromatic nitrogens is 8. The molecule has 0 unspecified atom stereocenters. The van der Waals surface area contributed by atoms with Crippen LogP contribution in [0.15, 0.2) is 60.7 Å². The summed E-state index contributed by atoms with van der Waals surface area (Å²) in [6, 6.07) is 20.4. The van der Waals surface area contributed by atoms with Crippen molar-refractivity contribution < 1.29 is 0 Å². The molecule has 0 spiro atoms. The van der Waals surface area contributed by atoms with E-state index >= 15 is 0 Å². The molecule has 0 radical (unpaired) electrons. The second-order valence-corrected chi connectivity index (χ2v) is 12.7. The minimum atomic E-state index is 0.751. The van der Waals surface area contributed by atoms with Gasteiger partial charge in [0.05, 0.1) is 9.75 Å². The van der Waals surface area contributed by atoms with Crippen LogP contribution in [0, 0.1) is 7.14 Å². The molecule has 170 valence electrons. The number of benzene rings is 2. The van der Waals surface area contributed by atoms with E-state index in [1.165, 1.54) is 22.7 Å². The van der Waals surface area contributed by atoms with E-state index in [1.807, 2.05) is 45.4 Å². The first-order valence-corrected chi connectivity index (χ1v) is 14.8. The maximum absolute atomic E-state index is 4.84. The molecule has 2 aromatic carbocycles. The number of thiophene rings is 1. The standard InChI is InChI=1S/C22H10I2N8S3/c23-13-7-3-1-5-11(13)17-25-27-21-31(17)29-19(34-21)15-9-10-16(33-15)20-30-32-18(26-28-22(32)35-20)12-6-2-4-8-14(12)24/h1-10H. The predicted molar refractivity (Wildman–Crippen MR) is 156 cm³/mol. The van der Waals surface area contributed by atoms with Gasteiger partial charge < -0.3 is 0 Å². The SMILES string of the molecule is Ic1ccccc1-c1nnc2sc(-c3ccc(-c4nn5c(-c6ccccc6I)nnc5s4)s3)nn12. The van der Waals surface area contributed by atoms with E-state index in [2.05, 4.69) is 89.8 Å². The van der Waals surface area contributed by atoms with Crippen molar-refractivity contribution in [2.24, 2.45) is 0 Å². The van der Waals surface area contributed by atoms with Gasteiger partial charge in [-0.3, -0.25) is 0 Å². The molecule has 0 saturated carbocycles. The van der Waals surface area contributed by atoms with Crippen molar-refractivity contribution in [1.82, 2.24) is 39.6 Å². The monoisotopic (exact) mass is 736 g/mol. The van der Waals surface area contributed by atoms with Crippen LogP contribution in [0.1, 0.15) is 0 Å². The number of nitrogens with zero attached hydrogens (tertiary/aromatic N) is 8. The Morgan fingerprint density at radius 1 is 0.543 bits per heavy atom. The second kappa shape index (κ2) is 8.65. The molecule has 5 heterocycles. The van der Waals surface area contributed by atoms with Gasteiger partial charge in [-0.25, -0.2) is 0 Å². The largest absolute Gasteiger partial charge is 0.235 e. The molecule has 5 aromatic heterocycles. The molecule has 0 fully saturated rings. The van der Waals surface area contributed by atoms with Crippen LogP contribution in [0.4, 0.5) is 0 Å². The molecule has 0 aliphatic carbocycles. The molecule has 8 nitrogen and oxygen atoms in total. The van der Waals surface area contributed by atoms with Crippen molar-refractivity contribution in [2.75, 3.05) is 0 Å². The third-order valence-electron chi connectivity index (χ3n) is 5.24. The van der Waals surface area contributed by atoms with E-state index in [1.54, 1.807) is 11.3 Å². The van der Waals surface area contributed by atoms with E-state index in [0.29, 0.717) is 0 Å². The van der Waals surface area contributed by atoms with Gasteiger partial charge in [-0.2, -0.15) is 19.2 Å². The summed E-state index contributed by atoms with van der Waals surface area (Å²) < 4.78 is 5.88. The second-order valence-electron chi connectivity index (χ2n) is 7.37. The Hall–Kier alpha value is -2.34. The molecule has 0 atom stereocenters. The van der Waals surface area contributed by atoms with Crippen LogP contribution in [-0.4, -0.2) is 39.6 Å². The molecule has 0 N–H and O–H groups in total. The zero-order valence-electron chi connectivity index (χ0n) is 17.3. The highest BCUT2D eigenvalue weighted by Gasteiger charge is 2.20. The van der Waals surface area contributed by atoms with Gasteiger partial charge in [0.1, 0.15) is 0 Å². The van der Waals surface area contributed by atoms with Gasteiger partial charge in [0.15, 0.2) is 21.7 Å². The van der Waals surface area contributed by atoms with E-state index in [4.69, 9.17) is 10.2 Å². The minimum absolute atomic E-state index is 0.751. The highest BCUT2D eigenvalue weighted by molar-refractivity contribution is 14.1. The van der Waals surface area contributed by atoms with Gasteiger partial charge >= 0.3 is 0 Å². The molecule has 0 amide bonds. The van der Waals surface area contributed by atoms with Crippen LogP contribution in [0.2, 0.25) is 0 Å². The van der Waals surface area contributed by atoms with Gasteiger partial charge in [0.25, 0.3) is 0 Å². The number of rotatable bonds is 4. The number of hydrogen-bond acceptors (Lipinski definition) is 9. The van der Waals surface area contributed by atoms with E-state index < -0.39 is 0 Å². The Morgan fingerprint density at radius 2 is 1.00 bits per heavy atom. The molecule has 7 aromatic rings. The van der Waals surface area contributed by atoms with Gasteiger partial charge in [-0.1, -0.05) is 59.1 Å². The van der Waals surface area contributed by atoms with E-state index in [0.717, 1.165) is 59.6 Å². The Labute approximate surface area is 237 Å². The lowest BCUT2D eigenvalue weighted by Crippen LogP contribution is -1.92. The first kappa shape index (κ1) is 21.9. The van der Waals surface area contributed by atoms with Gasteiger partial charge in [0, 0.05) is 18.3 Å². The molecule has 0 aliphatic heterocycles. The van der Waals surface area contributed by atoms with Crippen molar-refractivity contribution in [3.8, 4) is 42.5 Å². The third-order valence-corrected chi connectivity index (χ3v) is 10.3. The van der Waals surface area contributed by atoms with Crippen molar-refractivity contribution in [3.05, 3.63) is 67.8 Å². The first-order valence-electron chi connectivity index (χ1n) is 10.2. The van der Waals surface area contributed by atoms with Gasteiger partial charge in [-0.15, -0.1) is 31.7 Å². The normalized spacial score (nSPS) is 11.7. The molecular formula is C22H10I2N8S3. The van der Waals surface area contributed by atoms with Crippen molar-refractivity contribution in [2.45, 2.75) is 0 Å². The summed E-state index contributed by atoms with van der Waals surface area (Å²) in [5.74, 6) is 1.50. The Morgan fingerprint density at radius 3 is 1.46 bits per heavy atom. The highest BCUT2D eigenvalue weighted by Crippen LogP contribution is 2.39. The highest BCUT2D eigenvalue weighted by atomic mass is 127. The fourth-order valence-electron chi connectivity index (χ4n) is 3.62. The summed E-state index contributed by atoms with van der Waals surface area (Å²) in [4.78, 5) is 3.66. The van der Waals surface area contributed by atoms with Crippen LogP contribution in [-0.2, 0) is 0 Å². The third kappa shape index (κ3) is 3.71. The summed E-state index contributed by atoms with van der Waals surface area (Å²) in [7, 11) is 0. The minimum Gasteiger partial charge on any atom is -0.182 e. The molecule has 7 rings (SSSR count). The van der Waals surface area contributed by atoms with Crippen LogP contribution >= 0.6 is 79.2 Å². The number of hydrogen-bond donors (Lipinski definition) is 0. The van der Waals surface area contributed by atoms with Gasteiger partial charge in [0.2, 0.25) is 9.92 Å². The quantitative estimate of drug-likeness (QED) is 0.189. The molecule has 0 saturated heterocycles. The molecule has 35 heavy (non-hydrogen) atoms. The number of fused-ring (bicyclic) bond motifs is 2. The maximum Gasteiger partial charge on any atom is 0.235 e. The summed E-state index contributed by atoms with van der Waals surface area (Å²) in [5, 5.41) is 28.9. The fraction of sp³-hybridized carbons (Fsp3) is 0. The summed E-state index contributed by atoms with van der Waals surface area (Å²) in [6.45, 7) is 0. The summed E-state index contributed by atoms with van der Waals surface area (Å²) >= 11 is 9.34. The lowest BCUT2D eigenvalue weighted by Gasteiger charge is -1.99. The maximum atomic E-state index is 4.84. The van der Waals surface area contributed by atoms with Crippen LogP contribution in [0.25, 0.3) is 52.5 Å². The van der Waals surface area contributed by atoms with Crippen LogP contribution in [0.5, 0.6) is 0 Å². The average Bonchev–Trinajstić information content (AvgIpc) is 3.65. The smallest absolute Gasteiger partial charge is 0.182 e. The molecule has 13 heteroatoms. The Balaban J connectivity index is 1.25. The Bertz CT molecular complexity index is 1730. The zero-order chi connectivity index (χ0) is 23.5. The average molecular weight is 736 g/mol. The predicted octanol–water partition coefficient (Wildman–Crippen LogP) is 6.62. The lowest BCUT2D eigenvalue weighted by molar-refractivity contribution is 0.971. The summed E-state index contributed by atoms with van der Waals surface area (Å²) in [6.07, 6.45) is 0. The number of halogens is 2. The summed E-state index contributed by atoms with van der Waals surface area (Å²) in [5.41, 5.74) is 2.04. The fourth-order valence-corrected chi connectivity index (χ4v) is 7.66. The van der Waals surface area contributed by atoms with E-state index in [-0.39, 0.29) is 0 Å². The topological polar surface area (TPSA) is 86.2 Å². The first-order chi connectivity index (χ1) is 17.2. The zero-order valence-corrected chi connectivity index (χ0v) is 24.1. The van der Waals surface area contributed by atoms with Crippen molar-refractivity contribution in [1.29, 1.82) is 0 Å². The lowest BCUT2D eigenvalue weighted by atomic mass is 10.2. The van der Waals surface area contributed by atoms with Crippen LogP contribution in [0.3, 0.4) is 0 Å². The molecule has 0 aliphatic rings. The van der Waals surface area contributed by atoms with E-state index in [9.17, 15) is 0 Å². The molecule has 0 bridgehead atoms. The van der Waals surface area contributed by atoms with Crippen molar-refractivity contribution in [3.63, 3.8) is 0 Å².